The molecule has 2 heterocycles. The van der Waals surface area contributed by atoms with Gasteiger partial charge in [-0.15, -0.1) is 11.3 Å². The van der Waals surface area contributed by atoms with E-state index in [4.69, 9.17) is 0 Å². The SMILES string of the molecule is Cc1ccc(C(=O)Nc2ccc3c(c2)CCC(=O)N3C)s1. The highest BCUT2D eigenvalue weighted by Crippen LogP contribution is 2.29. The van der Waals surface area contributed by atoms with Crippen LogP contribution in [0.1, 0.15) is 26.5 Å². The minimum absolute atomic E-state index is 0.0895. The Bertz CT molecular complexity index is 721. The number of nitrogens with one attached hydrogen (secondary N) is 1. The summed E-state index contributed by atoms with van der Waals surface area (Å²) in [6.07, 6.45) is 1.24. The molecule has 0 spiro atoms. The monoisotopic (exact) mass is 300 g/mol. The zero-order valence-electron chi connectivity index (χ0n) is 12.0. The number of carbonyl (C=O) groups is 2. The number of amides is 2. The predicted molar refractivity (Wildman–Crippen MR) is 85.2 cm³/mol. The van der Waals surface area contributed by atoms with Crippen molar-refractivity contribution in [1.29, 1.82) is 0 Å². The number of hydrogen-bond donors (Lipinski definition) is 1. The zero-order chi connectivity index (χ0) is 15.0. The van der Waals surface area contributed by atoms with E-state index in [0.29, 0.717) is 11.3 Å². The summed E-state index contributed by atoms with van der Waals surface area (Å²) in [7, 11) is 1.78. The molecule has 0 atom stereocenters. The van der Waals surface area contributed by atoms with Crippen LogP contribution in [0.5, 0.6) is 0 Å². The maximum absolute atomic E-state index is 12.1. The number of carbonyl (C=O) groups excluding carboxylic acids is 2. The van der Waals surface area contributed by atoms with Gasteiger partial charge in [0.2, 0.25) is 5.91 Å². The average Bonchev–Trinajstić information content (AvgIpc) is 2.90. The van der Waals surface area contributed by atoms with Crippen LogP contribution in [-0.2, 0) is 11.2 Å². The lowest BCUT2D eigenvalue weighted by molar-refractivity contribution is -0.118. The molecule has 0 fully saturated rings. The summed E-state index contributed by atoms with van der Waals surface area (Å²) in [4.78, 5) is 27.3. The van der Waals surface area contributed by atoms with Crippen molar-refractivity contribution in [3.63, 3.8) is 0 Å². The molecular formula is C16H16N2O2S. The second kappa shape index (κ2) is 5.33. The number of hydrogen-bond acceptors (Lipinski definition) is 3. The van der Waals surface area contributed by atoms with Crippen LogP contribution < -0.4 is 10.2 Å². The molecule has 0 bridgehead atoms. The third-order valence-electron chi connectivity index (χ3n) is 3.65. The second-order valence-corrected chi connectivity index (χ2v) is 6.45. The molecule has 3 rings (SSSR count). The molecule has 1 aliphatic heterocycles. The van der Waals surface area contributed by atoms with Gasteiger partial charge in [-0.3, -0.25) is 9.59 Å². The van der Waals surface area contributed by atoms with Gasteiger partial charge in [0.15, 0.2) is 0 Å². The summed E-state index contributed by atoms with van der Waals surface area (Å²) in [6.45, 7) is 1.98. The summed E-state index contributed by atoms with van der Waals surface area (Å²) in [5.74, 6) is 0.0432. The summed E-state index contributed by atoms with van der Waals surface area (Å²) in [5.41, 5.74) is 2.79. The van der Waals surface area contributed by atoms with Crippen LogP contribution in [0.3, 0.4) is 0 Å². The van der Waals surface area contributed by atoms with Gasteiger partial charge in [-0.1, -0.05) is 0 Å². The van der Waals surface area contributed by atoms with Crippen molar-refractivity contribution in [3.8, 4) is 0 Å². The summed E-state index contributed by atoms with van der Waals surface area (Å²) in [5, 5.41) is 2.92. The predicted octanol–water partition coefficient (Wildman–Crippen LogP) is 3.22. The van der Waals surface area contributed by atoms with Crippen molar-refractivity contribution >= 4 is 34.5 Å². The number of thiophene rings is 1. The zero-order valence-corrected chi connectivity index (χ0v) is 12.8. The van der Waals surface area contributed by atoms with Crippen molar-refractivity contribution in [2.24, 2.45) is 0 Å². The Morgan fingerprint density at radius 2 is 2.05 bits per heavy atom. The largest absolute Gasteiger partial charge is 0.321 e. The smallest absolute Gasteiger partial charge is 0.265 e. The van der Waals surface area contributed by atoms with Crippen LogP contribution in [0.25, 0.3) is 0 Å². The van der Waals surface area contributed by atoms with E-state index in [1.807, 2.05) is 37.3 Å². The van der Waals surface area contributed by atoms with Gasteiger partial charge in [-0.2, -0.15) is 0 Å². The quantitative estimate of drug-likeness (QED) is 0.925. The molecular weight excluding hydrogens is 284 g/mol. The Kier molecular flexibility index (Phi) is 3.51. The molecule has 4 nitrogen and oxygen atoms in total. The molecule has 0 unspecified atom stereocenters. The molecule has 5 heteroatoms. The molecule has 0 saturated heterocycles. The van der Waals surface area contributed by atoms with Gasteiger partial charge in [0, 0.05) is 29.7 Å². The molecule has 1 aromatic heterocycles. The number of anilines is 2. The topological polar surface area (TPSA) is 49.4 Å². The molecule has 1 N–H and O–H groups in total. The Hall–Kier alpha value is -2.14. The van der Waals surface area contributed by atoms with Crippen LogP contribution in [0.2, 0.25) is 0 Å². The van der Waals surface area contributed by atoms with Gasteiger partial charge in [0.25, 0.3) is 5.91 Å². The molecule has 1 aliphatic rings. The fourth-order valence-corrected chi connectivity index (χ4v) is 3.25. The van der Waals surface area contributed by atoms with E-state index in [9.17, 15) is 9.59 Å². The summed E-state index contributed by atoms with van der Waals surface area (Å²) in [6, 6.07) is 9.46. The van der Waals surface area contributed by atoms with E-state index in [-0.39, 0.29) is 11.8 Å². The third kappa shape index (κ3) is 2.69. The first-order valence-electron chi connectivity index (χ1n) is 6.82. The van der Waals surface area contributed by atoms with Crippen molar-refractivity contribution < 1.29 is 9.59 Å². The average molecular weight is 300 g/mol. The van der Waals surface area contributed by atoms with Crippen molar-refractivity contribution in [2.45, 2.75) is 19.8 Å². The first kappa shape index (κ1) is 13.8. The minimum Gasteiger partial charge on any atom is -0.321 e. The van der Waals surface area contributed by atoms with Gasteiger partial charge in [0.1, 0.15) is 0 Å². The van der Waals surface area contributed by atoms with Gasteiger partial charge in [-0.05, 0) is 49.2 Å². The standard InChI is InChI=1S/C16H16N2O2S/c1-10-3-7-14(21-10)16(20)17-12-5-6-13-11(9-12)4-8-15(19)18(13)2/h3,5-7,9H,4,8H2,1-2H3,(H,17,20). The lowest BCUT2D eigenvalue weighted by Gasteiger charge is -2.26. The number of nitrogens with zero attached hydrogens (tertiary/aromatic N) is 1. The highest BCUT2D eigenvalue weighted by molar-refractivity contribution is 7.14. The van der Waals surface area contributed by atoms with E-state index in [1.54, 1.807) is 11.9 Å². The third-order valence-corrected chi connectivity index (χ3v) is 4.64. The van der Waals surface area contributed by atoms with E-state index in [0.717, 1.165) is 28.2 Å². The van der Waals surface area contributed by atoms with Gasteiger partial charge >= 0.3 is 0 Å². The Labute approximate surface area is 127 Å². The van der Waals surface area contributed by atoms with Crippen LogP contribution in [0.15, 0.2) is 30.3 Å². The minimum atomic E-state index is -0.0895. The van der Waals surface area contributed by atoms with Crippen molar-refractivity contribution in [3.05, 3.63) is 45.6 Å². The molecule has 2 aromatic rings. The van der Waals surface area contributed by atoms with Crippen LogP contribution in [0, 0.1) is 6.92 Å². The molecule has 21 heavy (non-hydrogen) atoms. The van der Waals surface area contributed by atoms with E-state index in [2.05, 4.69) is 5.32 Å². The number of rotatable bonds is 2. The Morgan fingerprint density at radius 3 is 2.76 bits per heavy atom. The fourth-order valence-electron chi connectivity index (χ4n) is 2.48. The number of benzene rings is 1. The highest BCUT2D eigenvalue weighted by Gasteiger charge is 2.21. The van der Waals surface area contributed by atoms with Crippen LogP contribution in [-0.4, -0.2) is 18.9 Å². The van der Waals surface area contributed by atoms with E-state index in [1.165, 1.54) is 11.3 Å². The lowest BCUT2D eigenvalue weighted by atomic mass is 10.0. The Balaban J connectivity index is 1.81. The molecule has 2 amide bonds. The number of aryl methyl sites for hydroxylation is 2. The van der Waals surface area contributed by atoms with Crippen LogP contribution >= 0.6 is 11.3 Å². The Morgan fingerprint density at radius 1 is 1.24 bits per heavy atom. The van der Waals surface area contributed by atoms with Crippen molar-refractivity contribution in [2.75, 3.05) is 17.3 Å². The second-order valence-electron chi connectivity index (χ2n) is 5.16. The molecule has 0 saturated carbocycles. The maximum Gasteiger partial charge on any atom is 0.265 e. The maximum atomic E-state index is 12.1. The van der Waals surface area contributed by atoms with Gasteiger partial charge in [0.05, 0.1) is 4.88 Å². The molecule has 0 radical (unpaired) electrons. The van der Waals surface area contributed by atoms with Crippen LogP contribution in [0.4, 0.5) is 11.4 Å². The summed E-state index contributed by atoms with van der Waals surface area (Å²) >= 11 is 1.48. The normalized spacial score (nSPS) is 14.0. The van der Waals surface area contributed by atoms with Crippen molar-refractivity contribution in [1.82, 2.24) is 0 Å². The molecule has 0 aliphatic carbocycles. The highest BCUT2D eigenvalue weighted by atomic mass is 32.1. The summed E-state index contributed by atoms with van der Waals surface area (Å²) < 4.78 is 0. The molecule has 1 aromatic carbocycles. The first-order valence-corrected chi connectivity index (χ1v) is 7.63. The fraction of sp³-hybridized carbons (Fsp3) is 0.250. The number of fused-ring (bicyclic) bond motifs is 1. The van der Waals surface area contributed by atoms with E-state index >= 15 is 0 Å². The van der Waals surface area contributed by atoms with E-state index < -0.39 is 0 Å². The first-order chi connectivity index (χ1) is 10.0. The molecule has 108 valence electrons. The van der Waals surface area contributed by atoms with Gasteiger partial charge in [-0.25, -0.2) is 0 Å². The lowest BCUT2D eigenvalue weighted by Crippen LogP contribution is -2.31. The van der Waals surface area contributed by atoms with Gasteiger partial charge < -0.3 is 10.2 Å².